The number of carboxylic acid groups (broad SMARTS) is 1. The van der Waals surface area contributed by atoms with Crippen LogP contribution in [0.15, 0.2) is 55.1 Å². The molecule has 23 heavy (non-hydrogen) atoms. The summed E-state index contributed by atoms with van der Waals surface area (Å²) >= 11 is 0. The highest BCUT2D eigenvalue weighted by Gasteiger charge is 2.13. The second kappa shape index (κ2) is 5.66. The number of phenols is 1. The molecule has 0 saturated carbocycles. The van der Waals surface area contributed by atoms with E-state index in [0.717, 1.165) is 11.1 Å². The molecule has 0 amide bonds. The van der Waals surface area contributed by atoms with E-state index < -0.39 is 5.97 Å². The average molecular weight is 305 g/mol. The Kier molecular flexibility index (Phi) is 3.53. The lowest BCUT2D eigenvalue weighted by Gasteiger charge is -2.05. The first kappa shape index (κ1) is 14.4. The lowest BCUT2D eigenvalue weighted by atomic mass is 10.1. The van der Waals surface area contributed by atoms with Gasteiger partial charge >= 0.3 is 5.97 Å². The molecule has 112 valence electrons. The second-order valence-corrected chi connectivity index (χ2v) is 4.85. The normalized spacial score (nSPS) is 10.2. The Morgan fingerprint density at radius 2 is 1.91 bits per heavy atom. The van der Waals surface area contributed by atoms with Crippen LogP contribution >= 0.6 is 0 Å². The molecule has 0 spiro atoms. The number of nitrogens with zero attached hydrogens (tertiary/aromatic N) is 3. The van der Waals surface area contributed by atoms with Gasteiger partial charge in [0.05, 0.1) is 5.56 Å². The quantitative estimate of drug-likeness (QED) is 0.775. The largest absolute Gasteiger partial charge is 0.507 e. The van der Waals surface area contributed by atoms with Gasteiger partial charge in [0.25, 0.3) is 0 Å². The lowest BCUT2D eigenvalue weighted by Crippen LogP contribution is -1.98. The van der Waals surface area contributed by atoms with E-state index in [-0.39, 0.29) is 11.3 Å². The molecule has 3 rings (SSSR count). The molecule has 0 saturated heterocycles. The summed E-state index contributed by atoms with van der Waals surface area (Å²) in [5.74, 6) is -1.52. The fourth-order valence-corrected chi connectivity index (χ4v) is 2.32. The van der Waals surface area contributed by atoms with Crippen molar-refractivity contribution in [3.8, 4) is 28.6 Å². The second-order valence-electron chi connectivity index (χ2n) is 4.85. The number of aromatic carboxylic acids is 1. The minimum atomic E-state index is -1.20. The topological polar surface area (TPSA) is 99.1 Å². The molecule has 0 atom stereocenters. The van der Waals surface area contributed by atoms with Gasteiger partial charge in [-0.1, -0.05) is 0 Å². The molecule has 3 aromatic rings. The zero-order valence-corrected chi connectivity index (χ0v) is 11.8. The maximum Gasteiger partial charge on any atom is 0.339 e. The Labute approximate surface area is 131 Å². The van der Waals surface area contributed by atoms with Crippen LogP contribution in [0, 0.1) is 11.3 Å². The van der Waals surface area contributed by atoms with E-state index >= 15 is 0 Å². The van der Waals surface area contributed by atoms with Crippen LogP contribution in [0.5, 0.6) is 5.75 Å². The molecule has 2 heterocycles. The highest BCUT2D eigenvalue weighted by molar-refractivity contribution is 5.91. The molecule has 2 aromatic heterocycles. The fourth-order valence-electron chi connectivity index (χ4n) is 2.32. The number of nitriles is 1. The maximum atomic E-state index is 10.9. The molecule has 0 unspecified atom stereocenters. The van der Waals surface area contributed by atoms with Crippen LogP contribution in [0.1, 0.15) is 15.9 Å². The van der Waals surface area contributed by atoms with Gasteiger partial charge in [-0.15, -0.1) is 0 Å². The van der Waals surface area contributed by atoms with Gasteiger partial charge in [-0.3, -0.25) is 4.98 Å². The van der Waals surface area contributed by atoms with Crippen LogP contribution in [0.3, 0.4) is 0 Å². The van der Waals surface area contributed by atoms with Crippen LogP contribution < -0.4 is 0 Å². The van der Waals surface area contributed by atoms with Crippen molar-refractivity contribution in [1.82, 2.24) is 9.55 Å². The van der Waals surface area contributed by atoms with Crippen molar-refractivity contribution in [1.29, 1.82) is 5.26 Å². The van der Waals surface area contributed by atoms with Gasteiger partial charge in [-0.05, 0) is 29.8 Å². The van der Waals surface area contributed by atoms with Crippen LogP contribution in [0.25, 0.3) is 16.8 Å². The Hall–Kier alpha value is -3.59. The van der Waals surface area contributed by atoms with Gasteiger partial charge in [0.2, 0.25) is 0 Å². The third kappa shape index (κ3) is 2.63. The number of pyridine rings is 1. The van der Waals surface area contributed by atoms with E-state index in [0.29, 0.717) is 11.3 Å². The summed E-state index contributed by atoms with van der Waals surface area (Å²) in [6, 6.07) is 9.97. The monoisotopic (exact) mass is 305 g/mol. The molecule has 0 aliphatic heterocycles. The summed E-state index contributed by atoms with van der Waals surface area (Å²) in [7, 11) is 0. The van der Waals surface area contributed by atoms with E-state index in [9.17, 15) is 15.2 Å². The lowest BCUT2D eigenvalue weighted by molar-refractivity contribution is 0.0694. The molecule has 0 fully saturated rings. The smallest absolute Gasteiger partial charge is 0.339 e. The highest BCUT2D eigenvalue weighted by Crippen LogP contribution is 2.27. The van der Waals surface area contributed by atoms with E-state index in [2.05, 4.69) is 11.1 Å². The summed E-state index contributed by atoms with van der Waals surface area (Å²) < 4.78 is 1.67. The predicted octanol–water partition coefficient (Wildman–Crippen LogP) is 2.81. The Morgan fingerprint density at radius 3 is 2.52 bits per heavy atom. The highest BCUT2D eigenvalue weighted by atomic mass is 16.4. The number of rotatable bonds is 3. The molecular weight excluding hydrogens is 294 g/mol. The number of carboxylic acids is 1. The SMILES string of the molecule is N#Cc1cn(-c2ccc(C(=O)O)c(O)c2)cc1-c1ccncc1. The minimum Gasteiger partial charge on any atom is -0.507 e. The number of benzene rings is 1. The predicted molar refractivity (Wildman–Crippen MR) is 82.3 cm³/mol. The summed E-state index contributed by atoms with van der Waals surface area (Å²) in [4.78, 5) is 14.9. The standard InChI is InChI=1S/C17H11N3O3/c18-8-12-9-20(10-15(12)11-3-5-19-6-4-11)13-1-2-14(17(22)23)16(21)7-13/h1-7,9-10,21H,(H,22,23). The van der Waals surface area contributed by atoms with Crippen molar-refractivity contribution in [2.75, 3.05) is 0 Å². The van der Waals surface area contributed by atoms with Crippen LogP contribution in [0.2, 0.25) is 0 Å². The number of aromatic nitrogens is 2. The van der Waals surface area contributed by atoms with Crippen LogP contribution in [0.4, 0.5) is 0 Å². The molecule has 6 nitrogen and oxygen atoms in total. The van der Waals surface area contributed by atoms with Gasteiger partial charge in [0.1, 0.15) is 17.4 Å². The van der Waals surface area contributed by atoms with Crippen molar-refractivity contribution in [3.05, 3.63) is 66.2 Å². The van der Waals surface area contributed by atoms with Gasteiger partial charge < -0.3 is 14.8 Å². The minimum absolute atomic E-state index is 0.171. The first-order valence-corrected chi connectivity index (χ1v) is 6.69. The average Bonchev–Trinajstić information content (AvgIpc) is 2.99. The molecule has 0 radical (unpaired) electrons. The molecular formula is C17H11N3O3. The first-order chi connectivity index (χ1) is 11.1. The van der Waals surface area contributed by atoms with E-state index in [1.54, 1.807) is 47.6 Å². The molecule has 0 aliphatic carbocycles. The van der Waals surface area contributed by atoms with Crippen molar-refractivity contribution in [2.45, 2.75) is 0 Å². The maximum absolute atomic E-state index is 10.9. The van der Waals surface area contributed by atoms with Gasteiger partial charge in [0, 0.05) is 42.1 Å². The van der Waals surface area contributed by atoms with Crippen molar-refractivity contribution < 1.29 is 15.0 Å². The first-order valence-electron chi connectivity index (χ1n) is 6.69. The number of hydrogen-bond acceptors (Lipinski definition) is 4. The third-order valence-corrected chi connectivity index (χ3v) is 3.45. The zero-order chi connectivity index (χ0) is 16.4. The van der Waals surface area contributed by atoms with Crippen molar-refractivity contribution >= 4 is 5.97 Å². The third-order valence-electron chi connectivity index (χ3n) is 3.45. The molecule has 2 N–H and O–H groups in total. The Bertz CT molecular complexity index is 924. The van der Waals surface area contributed by atoms with Gasteiger partial charge in [-0.2, -0.15) is 5.26 Å². The number of aromatic hydroxyl groups is 1. The zero-order valence-electron chi connectivity index (χ0n) is 11.8. The number of hydrogen-bond donors (Lipinski definition) is 2. The molecule has 0 aliphatic rings. The van der Waals surface area contributed by atoms with Crippen LogP contribution in [-0.2, 0) is 0 Å². The van der Waals surface area contributed by atoms with Crippen molar-refractivity contribution in [2.24, 2.45) is 0 Å². The number of carbonyl (C=O) groups is 1. The molecule has 0 bridgehead atoms. The van der Waals surface area contributed by atoms with E-state index in [4.69, 9.17) is 5.11 Å². The summed E-state index contributed by atoms with van der Waals surface area (Å²) in [6.45, 7) is 0. The fraction of sp³-hybridized carbons (Fsp3) is 0. The van der Waals surface area contributed by atoms with Crippen LogP contribution in [-0.4, -0.2) is 25.7 Å². The summed E-state index contributed by atoms with van der Waals surface area (Å²) in [6.07, 6.45) is 6.66. The van der Waals surface area contributed by atoms with Crippen molar-refractivity contribution in [3.63, 3.8) is 0 Å². The Balaban J connectivity index is 2.09. The Morgan fingerprint density at radius 1 is 1.17 bits per heavy atom. The van der Waals surface area contributed by atoms with E-state index in [1.165, 1.54) is 12.1 Å². The van der Waals surface area contributed by atoms with Gasteiger partial charge in [-0.25, -0.2) is 4.79 Å². The summed E-state index contributed by atoms with van der Waals surface area (Å²) in [5.41, 5.74) is 2.44. The molecule has 6 heteroatoms. The summed E-state index contributed by atoms with van der Waals surface area (Å²) in [5, 5.41) is 28.1. The van der Waals surface area contributed by atoms with E-state index in [1.807, 2.05) is 0 Å². The van der Waals surface area contributed by atoms with Gasteiger partial charge in [0.15, 0.2) is 0 Å². The molecule has 1 aromatic carbocycles.